The third kappa shape index (κ3) is 11.3. The summed E-state index contributed by atoms with van der Waals surface area (Å²) < 4.78 is 0. The average Bonchev–Trinajstić information content (AvgIpc) is 1.35. The molecule has 1 N–H and O–H groups in total. The Morgan fingerprint density at radius 3 is 2.00 bits per heavy atom. The minimum absolute atomic E-state index is 0. The first-order valence-corrected chi connectivity index (χ1v) is 2.38. The van der Waals surface area contributed by atoms with Crippen molar-refractivity contribution in [1.29, 1.82) is 0 Å². The molecule has 0 radical (unpaired) electrons. The molecule has 0 aliphatic carbocycles. The zero-order valence-electron chi connectivity index (χ0n) is 6.44. The standard InChI is InChI=1S/C5H12O.K.H/c1-5(2)3-4-6;;/h5-6H,3-4H2,1-2H3;;/q;+1;-1. The molecule has 2 heteroatoms. The monoisotopic (exact) mass is 128 g/mol. The second kappa shape index (κ2) is 7.60. The molecule has 1 nitrogen and oxygen atoms in total. The molecule has 0 aliphatic heterocycles. The second-order valence-corrected chi connectivity index (χ2v) is 1.91. The molecule has 7 heavy (non-hydrogen) atoms. The van der Waals surface area contributed by atoms with E-state index < -0.39 is 0 Å². The Kier molecular flexibility index (Phi) is 12.4. The molecule has 0 saturated heterocycles. The van der Waals surface area contributed by atoms with Crippen LogP contribution in [0.4, 0.5) is 0 Å². The van der Waals surface area contributed by atoms with Crippen molar-refractivity contribution in [1.82, 2.24) is 0 Å². The predicted octanol–water partition coefficient (Wildman–Crippen LogP) is -1.86. The van der Waals surface area contributed by atoms with Gasteiger partial charge >= 0.3 is 51.4 Å². The molecule has 0 saturated carbocycles. The van der Waals surface area contributed by atoms with Crippen LogP contribution < -0.4 is 51.4 Å². The van der Waals surface area contributed by atoms with E-state index in [0.29, 0.717) is 12.5 Å². The van der Waals surface area contributed by atoms with Crippen molar-refractivity contribution >= 4 is 0 Å². The van der Waals surface area contributed by atoms with Crippen molar-refractivity contribution < 1.29 is 57.9 Å². The molecular formula is C5H13KO. The molecule has 0 aromatic heterocycles. The van der Waals surface area contributed by atoms with Gasteiger partial charge in [-0.25, -0.2) is 0 Å². The summed E-state index contributed by atoms with van der Waals surface area (Å²) >= 11 is 0. The summed E-state index contributed by atoms with van der Waals surface area (Å²) in [7, 11) is 0. The van der Waals surface area contributed by atoms with Crippen LogP contribution in [-0.4, -0.2) is 11.7 Å². The van der Waals surface area contributed by atoms with E-state index in [1.807, 2.05) is 0 Å². The van der Waals surface area contributed by atoms with Crippen LogP contribution in [0.25, 0.3) is 0 Å². The number of rotatable bonds is 2. The fourth-order valence-electron chi connectivity index (χ4n) is 0.258. The Morgan fingerprint density at radius 1 is 1.57 bits per heavy atom. The maximum atomic E-state index is 8.24. The zero-order chi connectivity index (χ0) is 4.99. The molecule has 0 bridgehead atoms. The Hall–Kier alpha value is 1.60. The quantitative estimate of drug-likeness (QED) is 0.433. The SMILES string of the molecule is CC(C)CCO.[H-].[K+]. The van der Waals surface area contributed by atoms with Crippen LogP contribution >= 0.6 is 0 Å². The molecule has 0 amide bonds. The second-order valence-electron chi connectivity index (χ2n) is 1.91. The van der Waals surface area contributed by atoms with Gasteiger partial charge in [0.1, 0.15) is 0 Å². The Bertz CT molecular complexity index is 33.6. The van der Waals surface area contributed by atoms with Gasteiger partial charge in [-0.15, -0.1) is 0 Å². The van der Waals surface area contributed by atoms with Gasteiger partial charge in [-0.05, 0) is 12.3 Å². The van der Waals surface area contributed by atoms with Gasteiger partial charge in [-0.1, -0.05) is 13.8 Å². The van der Waals surface area contributed by atoms with Crippen molar-refractivity contribution in [3.8, 4) is 0 Å². The topological polar surface area (TPSA) is 20.2 Å². The minimum atomic E-state index is 0. The van der Waals surface area contributed by atoms with Crippen molar-refractivity contribution in [3.05, 3.63) is 0 Å². The third-order valence-corrected chi connectivity index (χ3v) is 0.706. The third-order valence-electron chi connectivity index (χ3n) is 0.706. The number of hydrogen-bond acceptors (Lipinski definition) is 1. The number of aliphatic hydroxyl groups excluding tert-OH is 1. The largest absolute Gasteiger partial charge is 1.00 e. The van der Waals surface area contributed by atoms with Gasteiger partial charge in [0.05, 0.1) is 0 Å². The molecule has 0 heterocycles. The van der Waals surface area contributed by atoms with E-state index in [-0.39, 0.29) is 52.8 Å². The molecule has 0 aliphatic rings. The van der Waals surface area contributed by atoms with E-state index in [2.05, 4.69) is 13.8 Å². The van der Waals surface area contributed by atoms with E-state index in [0.717, 1.165) is 6.42 Å². The Morgan fingerprint density at radius 2 is 2.00 bits per heavy atom. The first kappa shape index (κ1) is 11.4. The summed E-state index contributed by atoms with van der Waals surface area (Å²) in [6, 6.07) is 0. The van der Waals surface area contributed by atoms with Crippen LogP contribution in [-0.2, 0) is 0 Å². The van der Waals surface area contributed by atoms with Crippen LogP contribution in [0, 0.1) is 5.92 Å². The molecule has 0 atom stereocenters. The van der Waals surface area contributed by atoms with Gasteiger partial charge in [0.25, 0.3) is 0 Å². The number of aliphatic hydroxyl groups is 1. The first-order chi connectivity index (χ1) is 2.77. The summed E-state index contributed by atoms with van der Waals surface area (Å²) in [5, 5.41) is 8.24. The maximum absolute atomic E-state index is 8.24. The summed E-state index contributed by atoms with van der Waals surface area (Å²) in [5.74, 6) is 0.648. The van der Waals surface area contributed by atoms with Crippen molar-refractivity contribution in [2.45, 2.75) is 20.3 Å². The maximum Gasteiger partial charge on any atom is 1.00 e. The molecule has 0 fully saturated rings. The van der Waals surface area contributed by atoms with Gasteiger partial charge < -0.3 is 6.53 Å². The fourth-order valence-corrected chi connectivity index (χ4v) is 0.258. The van der Waals surface area contributed by atoms with E-state index in [1.54, 1.807) is 0 Å². The molecule has 40 valence electrons. The zero-order valence-corrected chi connectivity index (χ0v) is 8.56. The molecule has 0 spiro atoms. The molecule has 0 unspecified atom stereocenters. The minimum Gasteiger partial charge on any atom is -1.00 e. The first-order valence-electron chi connectivity index (χ1n) is 2.38. The summed E-state index contributed by atoms with van der Waals surface area (Å²) in [4.78, 5) is 0. The summed E-state index contributed by atoms with van der Waals surface area (Å²) in [5.41, 5.74) is 0. The van der Waals surface area contributed by atoms with Crippen LogP contribution in [0.3, 0.4) is 0 Å². The summed E-state index contributed by atoms with van der Waals surface area (Å²) in [6.45, 7) is 4.52. The molecule has 0 aromatic carbocycles. The Balaban J connectivity index is -0.000000125. The van der Waals surface area contributed by atoms with Crippen LogP contribution in [0.5, 0.6) is 0 Å². The van der Waals surface area contributed by atoms with Gasteiger partial charge in [0.2, 0.25) is 0 Å². The van der Waals surface area contributed by atoms with E-state index in [4.69, 9.17) is 5.11 Å². The van der Waals surface area contributed by atoms with Gasteiger partial charge in [-0.2, -0.15) is 0 Å². The molecule has 0 rings (SSSR count). The Labute approximate surface area is 89.4 Å². The van der Waals surface area contributed by atoms with Crippen molar-refractivity contribution in [3.63, 3.8) is 0 Å². The van der Waals surface area contributed by atoms with Gasteiger partial charge in [0.15, 0.2) is 0 Å². The average molecular weight is 128 g/mol. The fraction of sp³-hybridized carbons (Fsp3) is 1.00. The van der Waals surface area contributed by atoms with E-state index >= 15 is 0 Å². The smallest absolute Gasteiger partial charge is 1.00 e. The predicted molar refractivity (Wildman–Crippen MR) is 27.7 cm³/mol. The summed E-state index contributed by atoms with van der Waals surface area (Å²) in [6.07, 6.45) is 0.931. The van der Waals surface area contributed by atoms with Gasteiger partial charge in [-0.3, -0.25) is 0 Å². The van der Waals surface area contributed by atoms with E-state index in [1.165, 1.54) is 0 Å². The van der Waals surface area contributed by atoms with E-state index in [9.17, 15) is 0 Å². The van der Waals surface area contributed by atoms with Crippen LogP contribution in [0.1, 0.15) is 21.7 Å². The van der Waals surface area contributed by atoms with Gasteiger partial charge in [0, 0.05) is 6.61 Å². The number of hydrogen-bond donors (Lipinski definition) is 1. The van der Waals surface area contributed by atoms with Crippen LogP contribution in [0.2, 0.25) is 0 Å². The van der Waals surface area contributed by atoms with Crippen molar-refractivity contribution in [2.24, 2.45) is 5.92 Å². The molecule has 0 aromatic rings. The molecular weight excluding hydrogens is 115 g/mol. The van der Waals surface area contributed by atoms with Crippen molar-refractivity contribution in [2.75, 3.05) is 6.61 Å². The van der Waals surface area contributed by atoms with Crippen LogP contribution in [0.15, 0.2) is 0 Å². The normalized spacial score (nSPS) is 8.57.